The second-order valence-electron chi connectivity index (χ2n) is 5.29. The Morgan fingerprint density at radius 3 is 2.60 bits per heavy atom. The molecule has 25 heavy (non-hydrogen) atoms. The van der Waals surface area contributed by atoms with Crippen LogP contribution in [0.4, 0.5) is 0 Å². The highest BCUT2D eigenvalue weighted by molar-refractivity contribution is 7.89. The van der Waals surface area contributed by atoms with E-state index in [4.69, 9.17) is 39.0 Å². The first-order valence-corrected chi connectivity index (χ1v) is 9.61. The maximum Gasteiger partial charge on any atom is 0.291 e. The molecular formula is C16H14Cl3NO4S. The van der Waals surface area contributed by atoms with Crippen LogP contribution in [0, 0.1) is 0 Å². The third kappa shape index (κ3) is 4.94. The molecule has 0 saturated heterocycles. The predicted octanol–water partition coefficient (Wildman–Crippen LogP) is 4.39. The van der Waals surface area contributed by atoms with Gasteiger partial charge in [0.05, 0.1) is 5.41 Å². The number of aliphatic hydroxyl groups is 1. The highest BCUT2D eigenvalue weighted by atomic mass is 35.5. The summed E-state index contributed by atoms with van der Waals surface area (Å²) in [6, 6.07) is 7.63. The summed E-state index contributed by atoms with van der Waals surface area (Å²) in [7, 11) is -4.18. The minimum absolute atomic E-state index is 0.145. The van der Waals surface area contributed by atoms with Gasteiger partial charge >= 0.3 is 0 Å². The molecule has 2 aromatic rings. The molecule has 0 aliphatic heterocycles. The summed E-state index contributed by atoms with van der Waals surface area (Å²) in [5, 5.41) is 12.2. The number of rotatable bonds is 6. The smallest absolute Gasteiger partial charge is 0.291 e. The second kappa shape index (κ2) is 8.03. The third-order valence-electron chi connectivity index (χ3n) is 3.45. The van der Waals surface area contributed by atoms with Crippen LogP contribution in [-0.2, 0) is 19.9 Å². The molecule has 1 aromatic heterocycles. The SMILES string of the molecule is CC(O)(c1cccnc1)C(OS(=O)(=O)C=CCl)c1ccc(Cl)cc1Cl. The molecule has 0 spiro atoms. The van der Waals surface area contributed by atoms with E-state index in [-0.39, 0.29) is 10.6 Å². The van der Waals surface area contributed by atoms with E-state index < -0.39 is 21.8 Å². The molecular weight excluding hydrogens is 409 g/mol. The summed E-state index contributed by atoms with van der Waals surface area (Å²) in [5.74, 6) is 0. The van der Waals surface area contributed by atoms with Gasteiger partial charge in [-0.15, -0.1) is 0 Å². The number of nitrogens with zero attached hydrogens (tertiary/aromatic N) is 1. The Hall–Kier alpha value is -1.15. The molecule has 1 aromatic carbocycles. The van der Waals surface area contributed by atoms with Gasteiger partial charge in [0.1, 0.15) is 11.7 Å². The van der Waals surface area contributed by atoms with Gasteiger partial charge < -0.3 is 5.11 Å². The molecule has 5 nitrogen and oxygen atoms in total. The monoisotopic (exact) mass is 421 g/mol. The lowest BCUT2D eigenvalue weighted by atomic mass is 9.87. The summed E-state index contributed by atoms with van der Waals surface area (Å²) in [6.07, 6.45) is 1.57. The van der Waals surface area contributed by atoms with Crippen LogP contribution in [0.2, 0.25) is 10.0 Å². The topological polar surface area (TPSA) is 76.5 Å². The van der Waals surface area contributed by atoms with E-state index in [9.17, 15) is 13.5 Å². The molecule has 1 N–H and O–H groups in total. The van der Waals surface area contributed by atoms with Gasteiger partial charge in [-0.05, 0) is 25.1 Å². The van der Waals surface area contributed by atoms with E-state index in [0.29, 0.717) is 16.0 Å². The zero-order valence-corrected chi connectivity index (χ0v) is 16.0. The van der Waals surface area contributed by atoms with Gasteiger partial charge in [0.2, 0.25) is 0 Å². The Morgan fingerprint density at radius 1 is 1.32 bits per heavy atom. The lowest BCUT2D eigenvalue weighted by molar-refractivity contribution is -0.0521. The first-order valence-electron chi connectivity index (χ1n) is 6.95. The molecule has 9 heteroatoms. The number of benzene rings is 1. The van der Waals surface area contributed by atoms with Gasteiger partial charge in [-0.25, -0.2) is 0 Å². The van der Waals surface area contributed by atoms with Crippen LogP contribution in [0.15, 0.2) is 53.7 Å². The molecule has 2 atom stereocenters. The van der Waals surface area contributed by atoms with Crippen LogP contribution in [0.3, 0.4) is 0 Å². The van der Waals surface area contributed by atoms with Gasteiger partial charge in [0.15, 0.2) is 0 Å². The van der Waals surface area contributed by atoms with Crippen molar-refractivity contribution in [2.24, 2.45) is 0 Å². The quantitative estimate of drug-likeness (QED) is 0.699. The normalized spacial score (nSPS) is 15.9. The predicted molar refractivity (Wildman–Crippen MR) is 98.0 cm³/mol. The van der Waals surface area contributed by atoms with Crippen molar-refractivity contribution in [3.8, 4) is 0 Å². The minimum atomic E-state index is -4.18. The van der Waals surface area contributed by atoms with Gasteiger partial charge in [-0.3, -0.25) is 9.17 Å². The van der Waals surface area contributed by atoms with Crippen LogP contribution >= 0.6 is 34.8 Å². The van der Waals surface area contributed by atoms with Crippen molar-refractivity contribution in [1.82, 2.24) is 4.98 Å². The zero-order chi connectivity index (χ0) is 18.7. The largest absolute Gasteiger partial charge is 0.382 e. The summed E-state index contributed by atoms with van der Waals surface area (Å²) in [4.78, 5) is 3.94. The molecule has 0 saturated carbocycles. The average molecular weight is 423 g/mol. The Bertz CT molecular complexity index is 870. The van der Waals surface area contributed by atoms with E-state index in [0.717, 1.165) is 5.54 Å². The van der Waals surface area contributed by atoms with Crippen molar-refractivity contribution in [2.75, 3.05) is 0 Å². The molecule has 0 aliphatic rings. The van der Waals surface area contributed by atoms with Crippen LogP contribution in [0.25, 0.3) is 0 Å². The van der Waals surface area contributed by atoms with Gasteiger partial charge in [-0.2, -0.15) is 8.42 Å². The van der Waals surface area contributed by atoms with Gasteiger partial charge in [-0.1, -0.05) is 46.9 Å². The fraction of sp³-hybridized carbons (Fsp3) is 0.188. The highest BCUT2D eigenvalue weighted by Crippen LogP contribution is 2.42. The number of hydrogen-bond acceptors (Lipinski definition) is 5. The molecule has 0 radical (unpaired) electrons. The first kappa shape index (κ1) is 20.2. The molecule has 0 amide bonds. The van der Waals surface area contributed by atoms with Crippen LogP contribution < -0.4 is 0 Å². The number of hydrogen-bond donors (Lipinski definition) is 1. The molecule has 0 fully saturated rings. The number of aromatic nitrogens is 1. The maximum absolute atomic E-state index is 12.1. The Kier molecular flexibility index (Phi) is 6.48. The average Bonchev–Trinajstić information content (AvgIpc) is 2.54. The van der Waals surface area contributed by atoms with Crippen molar-refractivity contribution < 1.29 is 17.7 Å². The highest BCUT2D eigenvalue weighted by Gasteiger charge is 2.40. The van der Waals surface area contributed by atoms with E-state index >= 15 is 0 Å². The second-order valence-corrected chi connectivity index (χ2v) is 7.83. The van der Waals surface area contributed by atoms with E-state index in [1.54, 1.807) is 12.1 Å². The summed E-state index contributed by atoms with van der Waals surface area (Å²) in [6.45, 7) is 1.40. The molecule has 134 valence electrons. The number of pyridine rings is 1. The van der Waals surface area contributed by atoms with Gasteiger partial charge in [0.25, 0.3) is 10.1 Å². The molecule has 0 bridgehead atoms. The van der Waals surface area contributed by atoms with Crippen LogP contribution in [0.1, 0.15) is 24.2 Å². The van der Waals surface area contributed by atoms with Crippen molar-refractivity contribution in [3.05, 3.63) is 74.8 Å². The molecule has 2 unspecified atom stereocenters. The summed E-state index contributed by atoms with van der Waals surface area (Å²) in [5.41, 5.74) is -0.379. The molecule has 0 aliphatic carbocycles. The van der Waals surface area contributed by atoms with Crippen LogP contribution in [-0.4, -0.2) is 18.5 Å². The lowest BCUT2D eigenvalue weighted by Gasteiger charge is -2.33. The number of halogens is 3. The molecule has 1 heterocycles. The summed E-state index contributed by atoms with van der Waals surface area (Å²) < 4.78 is 29.4. The van der Waals surface area contributed by atoms with E-state index in [2.05, 4.69) is 4.98 Å². The summed E-state index contributed by atoms with van der Waals surface area (Å²) >= 11 is 17.4. The minimum Gasteiger partial charge on any atom is -0.382 e. The zero-order valence-electron chi connectivity index (χ0n) is 12.9. The van der Waals surface area contributed by atoms with Crippen LogP contribution in [0.5, 0.6) is 0 Å². The van der Waals surface area contributed by atoms with Gasteiger partial charge in [0, 0.05) is 39.1 Å². The molecule has 2 rings (SSSR count). The van der Waals surface area contributed by atoms with Crippen molar-refractivity contribution in [2.45, 2.75) is 18.6 Å². The standard InChI is InChI=1S/C16H14Cl3NO4S/c1-16(21,11-3-2-7-20-10-11)15(24-25(22,23)8-6-17)13-5-4-12(18)9-14(13)19/h2-10,15,21H,1H3. The van der Waals surface area contributed by atoms with Crippen molar-refractivity contribution in [3.63, 3.8) is 0 Å². The Morgan fingerprint density at radius 2 is 2.04 bits per heavy atom. The van der Waals surface area contributed by atoms with E-state index in [1.165, 1.54) is 37.5 Å². The fourth-order valence-electron chi connectivity index (χ4n) is 2.21. The first-order chi connectivity index (χ1) is 11.7. The Balaban J connectivity index is 2.60. The van der Waals surface area contributed by atoms with E-state index in [1.807, 2.05) is 0 Å². The third-order valence-corrected chi connectivity index (χ3v) is 5.22. The maximum atomic E-state index is 12.1. The van der Waals surface area contributed by atoms with Crippen molar-refractivity contribution in [1.29, 1.82) is 0 Å². The lowest BCUT2D eigenvalue weighted by Crippen LogP contribution is -2.33. The Labute approximate surface area is 160 Å². The fourth-order valence-corrected chi connectivity index (χ4v) is 3.84. The van der Waals surface area contributed by atoms with Crippen molar-refractivity contribution >= 4 is 44.9 Å².